The molecule has 0 fully saturated rings. The number of hydrogen-bond acceptors (Lipinski definition) is 2. The van der Waals surface area contributed by atoms with E-state index in [1.54, 1.807) is 12.1 Å². The Hall–Kier alpha value is -1.82. The van der Waals surface area contributed by atoms with Gasteiger partial charge in [0.25, 0.3) is 5.91 Å². The summed E-state index contributed by atoms with van der Waals surface area (Å²) in [7, 11) is 0. The lowest BCUT2D eigenvalue weighted by Crippen LogP contribution is -2.43. The quantitative estimate of drug-likeness (QED) is 0.548. The Balaban J connectivity index is 1.93. The molecule has 0 atom stereocenters. The monoisotopic (exact) mass is 367 g/mol. The summed E-state index contributed by atoms with van der Waals surface area (Å²) in [4.78, 5) is 12.0. The second-order valence-corrected chi connectivity index (χ2v) is 6.20. The molecule has 120 valence electrons. The number of benzene rings is 2. The highest BCUT2D eigenvalue weighted by atomic mass is 35.5. The lowest BCUT2D eigenvalue weighted by atomic mass is 10.1. The van der Waals surface area contributed by atoms with Gasteiger partial charge in [-0.15, -0.1) is 0 Å². The number of carbonyl (C=O) groups excluding carboxylic acids is 1. The first-order valence-electron chi connectivity index (χ1n) is 6.76. The van der Waals surface area contributed by atoms with Crippen LogP contribution >= 0.6 is 35.4 Å². The highest BCUT2D eigenvalue weighted by Crippen LogP contribution is 2.22. The minimum Gasteiger partial charge on any atom is -0.331 e. The maximum Gasteiger partial charge on any atom is 0.269 e. The maximum atomic E-state index is 12.0. The van der Waals surface area contributed by atoms with E-state index in [1.165, 1.54) is 11.6 Å². The van der Waals surface area contributed by atoms with E-state index in [9.17, 15) is 4.79 Å². The number of amides is 1. The van der Waals surface area contributed by atoms with E-state index < -0.39 is 0 Å². The summed E-state index contributed by atoms with van der Waals surface area (Å²) in [6, 6.07) is 10.6. The maximum absolute atomic E-state index is 12.0. The third-order valence-electron chi connectivity index (χ3n) is 3.10. The SMILES string of the molecule is Cc1ccc(NC(=S)NNC(=O)c2ccc(Cl)c(Cl)c2)c(C)c1. The van der Waals surface area contributed by atoms with Crippen molar-refractivity contribution in [3.05, 3.63) is 63.1 Å². The molecular weight excluding hydrogens is 353 g/mol. The molecule has 0 radical (unpaired) electrons. The zero-order valence-electron chi connectivity index (χ0n) is 12.5. The van der Waals surface area contributed by atoms with Gasteiger partial charge in [-0.3, -0.25) is 15.6 Å². The Morgan fingerprint density at radius 1 is 1.00 bits per heavy atom. The molecule has 7 heteroatoms. The van der Waals surface area contributed by atoms with Gasteiger partial charge in [-0.05, 0) is 55.9 Å². The molecule has 0 unspecified atom stereocenters. The van der Waals surface area contributed by atoms with Crippen LogP contribution in [0.25, 0.3) is 0 Å². The Bertz CT molecular complexity index is 765. The van der Waals surface area contributed by atoms with Crippen molar-refractivity contribution in [1.29, 1.82) is 0 Å². The summed E-state index contributed by atoms with van der Waals surface area (Å²) in [6.45, 7) is 4.00. The molecule has 1 amide bonds. The van der Waals surface area contributed by atoms with Crippen LogP contribution < -0.4 is 16.2 Å². The van der Waals surface area contributed by atoms with Crippen molar-refractivity contribution in [1.82, 2.24) is 10.9 Å². The Labute approximate surface area is 150 Å². The van der Waals surface area contributed by atoms with Crippen molar-refractivity contribution in [3.63, 3.8) is 0 Å². The fourth-order valence-electron chi connectivity index (χ4n) is 1.93. The standard InChI is InChI=1S/C16H15Cl2N3OS/c1-9-3-6-14(10(2)7-9)19-16(23)21-20-15(22)11-4-5-12(17)13(18)8-11/h3-8H,1-2H3,(H,20,22)(H2,19,21,23). The molecule has 0 spiro atoms. The lowest BCUT2D eigenvalue weighted by Gasteiger charge is -2.13. The van der Waals surface area contributed by atoms with Gasteiger partial charge in [0.2, 0.25) is 0 Å². The topological polar surface area (TPSA) is 53.2 Å². The van der Waals surface area contributed by atoms with E-state index in [0.717, 1.165) is 11.3 Å². The van der Waals surface area contributed by atoms with Gasteiger partial charge in [0, 0.05) is 11.3 Å². The molecule has 0 aliphatic carbocycles. The highest BCUT2D eigenvalue weighted by Gasteiger charge is 2.08. The summed E-state index contributed by atoms with van der Waals surface area (Å²) in [5, 5.41) is 4.01. The van der Waals surface area contributed by atoms with Crippen LogP contribution in [-0.2, 0) is 0 Å². The highest BCUT2D eigenvalue weighted by molar-refractivity contribution is 7.80. The summed E-state index contributed by atoms with van der Waals surface area (Å²) in [5.41, 5.74) is 8.63. The smallest absolute Gasteiger partial charge is 0.269 e. The third-order valence-corrected chi connectivity index (χ3v) is 4.04. The minimum absolute atomic E-state index is 0.283. The van der Waals surface area contributed by atoms with E-state index in [-0.39, 0.29) is 11.0 Å². The molecule has 0 aliphatic rings. The molecule has 0 heterocycles. The Morgan fingerprint density at radius 3 is 2.39 bits per heavy atom. The van der Waals surface area contributed by atoms with Gasteiger partial charge in [0.1, 0.15) is 0 Å². The number of anilines is 1. The predicted octanol–water partition coefficient (Wildman–Crippen LogP) is 4.24. The fourth-order valence-corrected chi connectivity index (χ4v) is 2.39. The number of carbonyl (C=O) groups is 1. The molecular formula is C16H15Cl2N3OS. The largest absolute Gasteiger partial charge is 0.331 e. The first kappa shape index (κ1) is 17.5. The second kappa shape index (κ2) is 7.64. The van der Waals surface area contributed by atoms with Crippen LogP contribution in [0.3, 0.4) is 0 Å². The molecule has 3 N–H and O–H groups in total. The number of hydrogen-bond donors (Lipinski definition) is 3. The van der Waals surface area contributed by atoms with Crippen LogP contribution in [0.4, 0.5) is 5.69 Å². The second-order valence-electron chi connectivity index (χ2n) is 4.98. The molecule has 0 saturated carbocycles. The van der Waals surface area contributed by atoms with Crippen LogP contribution in [0.2, 0.25) is 10.0 Å². The number of hydrazine groups is 1. The van der Waals surface area contributed by atoms with E-state index in [2.05, 4.69) is 16.2 Å². The van der Waals surface area contributed by atoms with Crippen LogP contribution in [0.5, 0.6) is 0 Å². The molecule has 23 heavy (non-hydrogen) atoms. The van der Waals surface area contributed by atoms with E-state index in [0.29, 0.717) is 15.6 Å². The average Bonchev–Trinajstić information content (AvgIpc) is 2.50. The van der Waals surface area contributed by atoms with Crippen molar-refractivity contribution in [3.8, 4) is 0 Å². The van der Waals surface area contributed by atoms with Crippen molar-refractivity contribution in [2.75, 3.05) is 5.32 Å². The summed E-state index contributed by atoms with van der Waals surface area (Å²) in [5.74, 6) is -0.367. The molecule has 0 bridgehead atoms. The predicted molar refractivity (Wildman–Crippen MR) is 99.2 cm³/mol. The zero-order chi connectivity index (χ0) is 17.0. The lowest BCUT2D eigenvalue weighted by molar-refractivity contribution is 0.0944. The van der Waals surface area contributed by atoms with Crippen LogP contribution in [0.15, 0.2) is 36.4 Å². The van der Waals surface area contributed by atoms with Gasteiger partial charge < -0.3 is 5.32 Å². The number of nitrogens with one attached hydrogen (secondary N) is 3. The zero-order valence-corrected chi connectivity index (χ0v) is 14.9. The molecule has 0 aromatic heterocycles. The van der Waals surface area contributed by atoms with Crippen LogP contribution in [0, 0.1) is 13.8 Å². The van der Waals surface area contributed by atoms with E-state index in [1.807, 2.05) is 32.0 Å². The molecule has 2 aromatic carbocycles. The number of aryl methyl sites for hydroxylation is 2. The Morgan fingerprint density at radius 2 is 1.74 bits per heavy atom. The van der Waals surface area contributed by atoms with Crippen LogP contribution in [-0.4, -0.2) is 11.0 Å². The normalized spacial score (nSPS) is 10.1. The van der Waals surface area contributed by atoms with Crippen molar-refractivity contribution in [2.45, 2.75) is 13.8 Å². The van der Waals surface area contributed by atoms with Gasteiger partial charge >= 0.3 is 0 Å². The first-order chi connectivity index (χ1) is 10.9. The van der Waals surface area contributed by atoms with E-state index in [4.69, 9.17) is 35.4 Å². The van der Waals surface area contributed by atoms with Crippen LogP contribution in [0.1, 0.15) is 21.5 Å². The van der Waals surface area contributed by atoms with Gasteiger partial charge in [-0.25, -0.2) is 0 Å². The van der Waals surface area contributed by atoms with Crippen molar-refractivity contribution >= 4 is 52.1 Å². The molecule has 4 nitrogen and oxygen atoms in total. The number of halogens is 2. The summed E-state index contributed by atoms with van der Waals surface area (Å²) in [6.07, 6.45) is 0. The number of rotatable bonds is 2. The van der Waals surface area contributed by atoms with Crippen molar-refractivity contribution < 1.29 is 4.79 Å². The first-order valence-corrected chi connectivity index (χ1v) is 7.93. The Kier molecular flexibility index (Phi) is 5.82. The van der Waals surface area contributed by atoms with Gasteiger partial charge in [0.15, 0.2) is 5.11 Å². The van der Waals surface area contributed by atoms with E-state index >= 15 is 0 Å². The fraction of sp³-hybridized carbons (Fsp3) is 0.125. The van der Waals surface area contributed by atoms with Gasteiger partial charge in [0.05, 0.1) is 10.0 Å². The van der Waals surface area contributed by atoms with Crippen molar-refractivity contribution in [2.24, 2.45) is 0 Å². The molecule has 0 aliphatic heterocycles. The molecule has 2 aromatic rings. The average molecular weight is 368 g/mol. The molecule has 2 rings (SSSR count). The van der Waals surface area contributed by atoms with Gasteiger partial charge in [-0.2, -0.15) is 0 Å². The third kappa shape index (κ3) is 4.82. The summed E-state index contributed by atoms with van der Waals surface area (Å²) < 4.78 is 0. The van der Waals surface area contributed by atoms with Gasteiger partial charge in [-0.1, -0.05) is 40.9 Å². The summed E-state index contributed by atoms with van der Waals surface area (Å²) >= 11 is 16.9. The minimum atomic E-state index is -0.367. The molecule has 0 saturated heterocycles. The number of thiocarbonyl (C=S) groups is 1.